The zero-order chi connectivity index (χ0) is 14.1. The number of nitrogens with one attached hydrogen (secondary N) is 1. The third-order valence-electron chi connectivity index (χ3n) is 3.77. The maximum Gasteiger partial charge on any atom is 0.225 e. The molecule has 2 aromatic rings. The highest BCUT2D eigenvalue weighted by atomic mass is 32.1. The van der Waals surface area contributed by atoms with Crippen LogP contribution in [0.2, 0.25) is 0 Å². The number of ether oxygens (including phenoxy) is 1. The van der Waals surface area contributed by atoms with Gasteiger partial charge in [-0.2, -0.15) is 4.98 Å². The van der Waals surface area contributed by atoms with Crippen molar-refractivity contribution in [2.24, 2.45) is 0 Å². The van der Waals surface area contributed by atoms with Crippen molar-refractivity contribution in [1.82, 2.24) is 9.97 Å². The molecule has 5 nitrogen and oxygen atoms in total. The molecule has 6 heteroatoms. The van der Waals surface area contributed by atoms with Crippen molar-refractivity contribution < 1.29 is 4.74 Å². The van der Waals surface area contributed by atoms with Gasteiger partial charge in [0.1, 0.15) is 10.6 Å². The second-order valence-electron chi connectivity index (χ2n) is 5.00. The van der Waals surface area contributed by atoms with Crippen LogP contribution in [-0.4, -0.2) is 43.3 Å². The van der Waals surface area contributed by atoms with Gasteiger partial charge in [-0.25, -0.2) is 4.98 Å². The Morgan fingerprint density at radius 1 is 1.50 bits per heavy atom. The average Bonchev–Trinajstić information content (AvgIpc) is 3.11. The molecule has 0 radical (unpaired) electrons. The zero-order valence-corrected chi connectivity index (χ0v) is 13.0. The highest BCUT2D eigenvalue weighted by Crippen LogP contribution is 2.33. The Balaban J connectivity index is 2.05. The number of aryl methyl sites for hydroxylation is 1. The smallest absolute Gasteiger partial charge is 0.225 e. The van der Waals surface area contributed by atoms with E-state index >= 15 is 0 Å². The number of rotatable bonds is 4. The van der Waals surface area contributed by atoms with Crippen LogP contribution in [0.4, 0.5) is 11.8 Å². The summed E-state index contributed by atoms with van der Waals surface area (Å²) >= 11 is 1.76. The first-order valence-electron chi connectivity index (χ1n) is 7.01. The number of nitrogens with zero attached hydrogens (tertiary/aromatic N) is 3. The Labute approximate surface area is 123 Å². The third-order valence-corrected chi connectivity index (χ3v) is 4.95. The molecule has 108 valence electrons. The van der Waals surface area contributed by atoms with E-state index in [0.29, 0.717) is 12.1 Å². The van der Waals surface area contributed by atoms with Crippen LogP contribution in [0, 0.1) is 0 Å². The number of fused-ring (bicyclic) bond motifs is 1. The van der Waals surface area contributed by atoms with E-state index < -0.39 is 0 Å². The Morgan fingerprint density at radius 3 is 3.00 bits per heavy atom. The molecule has 0 saturated carbocycles. The molecule has 1 atom stereocenters. The second-order valence-corrected chi connectivity index (χ2v) is 6.11. The van der Waals surface area contributed by atoms with E-state index in [1.54, 1.807) is 18.4 Å². The molecule has 0 bridgehead atoms. The van der Waals surface area contributed by atoms with Crippen molar-refractivity contribution in [2.75, 3.05) is 37.5 Å². The molecular weight excluding hydrogens is 272 g/mol. The van der Waals surface area contributed by atoms with Crippen LogP contribution in [0.5, 0.6) is 0 Å². The lowest BCUT2D eigenvalue weighted by Gasteiger charge is -2.18. The minimum atomic E-state index is 0.308. The lowest BCUT2D eigenvalue weighted by Crippen LogP contribution is -2.23. The minimum absolute atomic E-state index is 0.308. The van der Waals surface area contributed by atoms with E-state index in [-0.39, 0.29) is 0 Å². The van der Waals surface area contributed by atoms with E-state index in [4.69, 9.17) is 4.74 Å². The van der Waals surface area contributed by atoms with Crippen molar-refractivity contribution in [1.29, 1.82) is 0 Å². The van der Waals surface area contributed by atoms with Crippen molar-refractivity contribution in [2.45, 2.75) is 25.9 Å². The molecule has 3 heterocycles. The molecule has 20 heavy (non-hydrogen) atoms. The summed E-state index contributed by atoms with van der Waals surface area (Å²) in [5.74, 6) is 1.73. The second kappa shape index (κ2) is 5.54. The topological polar surface area (TPSA) is 50.3 Å². The number of hydrogen-bond donors (Lipinski definition) is 1. The molecule has 1 aliphatic rings. The predicted octanol–water partition coefficient (Wildman–Crippen LogP) is 2.52. The number of hydrogen-bond acceptors (Lipinski definition) is 6. The van der Waals surface area contributed by atoms with Crippen molar-refractivity contribution in [3.8, 4) is 0 Å². The highest BCUT2D eigenvalue weighted by molar-refractivity contribution is 7.18. The van der Waals surface area contributed by atoms with E-state index in [1.807, 2.05) is 7.05 Å². The minimum Gasteiger partial charge on any atom is -0.380 e. The van der Waals surface area contributed by atoms with Gasteiger partial charge in [0.2, 0.25) is 5.95 Å². The third kappa shape index (κ3) is 2.33. The van der Waals surface area contributed by atoms with Crippen molar-refractivity contribution >= 4 is 33.3 Å². The molecule has 1 fully saturated rings. The van der Waals surface area contributed by atoms with Crippen molar-refractivity contribution in [3.63, 3.8) is 0 Å². The molecule has 0 aromatic carbocycles. The van der Waals surface area contributed by atoms with E-state index in [1.165, 1.54) is 10.3 Å². The van der Waals surface area contributed by atoms with E-state index in [2.05, 4.69) is 33.2 Å². The van der Waals surface area contributed by atoms with Gasteiger partial charge in [0.25, 0.3) is 0 Å². The summed E-state index contributed by atoms with van der Waals surface area (Å²) in [6.45, 7) is 4.07. The van der Waals surface area contributed by atoms with Crippen molar-refractivity contribution in [3.05, 3.63) is 10.9 Å². The molecular formula is C14H20N4OS. The summed E-state index contributed by atoms with van der Waals surface area (Å²) in [5.41, 5.74) is 0. The van der Waals surface area contributed by atoms with Gasteiger partial charge in [0.05, 0.1) is 11.5 Å². The van der Waals surface area contributed by atoms with Crippen LogP contribution < -0.4 is 10.2 Å². The first kappa shape index (κ1) is 13.6. The number of methoxy groups -OCH3 is 1. The van der Waals surface area contributed by atoms with Gasteiger partial charge in [-0.3, -0.25) is 0 Å². The van der Waals surface area contributed by atoms with Gasteiger partial charge in [0.15, 0.2) is 0 Å². The van der Waals surface area contributed by atoms with Crippen LogP contribution >= 0.6 is 11.3 Å². The highest BCUT2D eigenvalue weighted by Gasteiger charge is 2.25. The van der Waals surface area contributed by atoms with Gasteiger partial charge in [-0.15, -0.1) is 11.3 Å². The van der Waals surface area contributed by atoms with Gasteiger partial charge in [0, 0.05) is 32.1 Å². The quantitative estimate of drug-likeness (QED) is 0.938. The summed E-state index contributed by atoms with van der Waals surface area (Å²) in [7, 11) is 3.64. The van der Waals surface area contributed by atoms with Gasteiger partial charge >= 0.3 is 0 Å². The molecule has 1 unspecified atom stereocenters. The molecule has 0 amide bonds. The predicted molar refractivity (Wildman–Crippen MR) is 84.0 cm³/mol. The number of thiophene rings is 1. The largest absolute Gasteiger partial charge is 0.380 e. The first-order chi connectivity index (χ1) is 9.75. The number of anilines is 2. The Bertz CT molecular complexity index is 612. The van der Waals surface area contributed by atoms with Crippen LogP contribution in [-0.2, 0) is 11.2 Å². The maximum atomic E-state index is 5.46. The number of aromatic nitrogens is 2. The van der Waals surface area contributed by atoms with Gasteiger partial charge in [-0.05, 0) is 18.9 Å². The maximum absolute atomic E-state index is 5.46. The molecule has 2 aromatic heterocycles. The standard InChI is InChI=1S/C14H20N4OS/c1-4-10-7-11-12(18-6-5-9(8-18)19-3)16-14(15-2)17-13(11)20-10/h7,9H,4-6,8H2,1-3H3,(H,15,16,17). The Hall–Kier alpha value is -1.40. The molecule has 1 saturated heterocycles. The fourth-order valence-corrected chi connectivity index (χ4v) is 3.56. The zero-order valence-electron chi connectivity index (χ0n) is 12.1. The van der Waals surface area contributed by atoms with E-state index in [9.17, 15) is 0 Å². The summed E-state index contributed by atoms with van der Waals surface area (Å²) in [4.78, 5) is 14.0. The molecule has 0 aliphatic carbocycles. The molecule has 0 spiro atoms. The average molecular weight is 292 g/mol. The summed E-state index contributed by atoms with van der Waals surface area (Å²) in [6.07, 6.45) is 2.40. The van der Waals surface area contributed by atoms with E-state index in [0.717, 1.165) is 36.6 Å². The monoisotopic (exact) mass is 292 g/mol. The van der Waals surface area contributed by atoms with Crippen LogP contribution in [0.3, 0.4) is 0 Å². The Morgan fingerprint density at radius 2 is 2.35 bits per heavy atom. The lowest BCUT2D eigenvalue weighted by atomic mass is 10.3. The van der Waals surface area contributed by atoms with Crippen LogP contribution in [0.15, 0.2) is 6.07 Å². The van der Waals surface area contributed by atoms with Gasteiger partial charge in [-0.1, -0.05) is 6.92 Å². The Kier molecular flexibility index (Phi) is 3.76. The summed E-state index contributed by atoms with van der Waals surface area (Å²) in [6, 6.07) is 2.23. The first-order valence-corrected chi connectivity index (χ1v) is 7.82. The van der Waals surface area contributed by atoms with Crippen LogP contribution in [0.25, 0.3) is 10.2 Å². The normalized spacial score (nSPS) is 18.9. The van der Waals surface area contributed by atoms with Crippen LogP contribution in [0.1, 0.15) is 18.2 Å². The van der Waals surface area contributed by atoms with Gasteiger partial charge < -0.3 is 15.0 Å². The molecule has 1 N–H and O–H groups in total. The summed E-state index contributed by atoms with van der Waals surface area (Å²) < 4.78 is 5.46. The fraction of sp³-hybridized carbons (Fsp3) is 0.571. The molecule has 3 rings (SSSR count). The SMILES string of the molecule is CCc1cc2c(N3CCC(OC)C3)nc(NC)nc2s1. The summed E-state index contributed by atoms with van der Waals surface area (Å²) in [5, 5.41) is 4.23. The fourth-order valence-electron chi connectivity index (χ4n) is 2.60. The lowest BCUT2D eigenvalue weighted by molar-refractivity contribution is 0.121. The molecule has 1 aliphatic heterocycles.